The molecule has 1 fully saturated rings. The molecule has 0 unspecified atom stereocenters. The van der Waals surface area contributed by atoms with Gasteiger partial charge in [0, 0.05) is 31.0 Å². The van der Waals surface area contributed by atoms with Gasteiger partial charge in [0.15, 0.2) is 11.9 Å². The van der Waals surface area contributed by atoms with Gasteiger partial charge in [-0.25, -0.2) is 0 Å². The number of fused-ring (bicyclic) bond motifs is 1. The molecule has 0 saturated carbocycles. The molecule has 1 saturated heterocycles. The van der Waals surface area contributed by atoms with Gasteiger partial charge in [-0.05, 0) is 18.9 Å². The number of hydrogen-bond acceptors (Lipinski definition) is 4. The summed E-state index contributed by atoms with van der Waals surface area (Å²) >= 11 is 0. The van der Waals surface area contributed by atoms with Crippen molar-refractivity contribution in [2.45, 2.75) is 12.8 Å². The van der Waals surface area contributed by atoms with E-state index in [0.717, 1.165) is 30.7 Å². The van der Waals surface area contributed by atoms with Crippen LogP contribution in [0.1, 0.15) is 23.5 Å². The van der Waals surface area contributed by atoms with Gasteiger partial charge in [0.2, 0.25) is 5.82 Å². The number of anilines is 1. The Labute approximate surface area is 92.7 Å². The number of nitrogens with zero attached hydrogens (tertiary/aromatic N) is 4. The van der Waals surface area contributed by atoms with Crippen molar-refractivity contribution in [3.8, 4) is 0 Å². The predicted molar refractivity (Wildman–Crippen MR) is 59.8 cm³/mol. The van der Waals surface area contributed by atoms with Crippen molar-refractivity contribution in [2.24, 2.45) is 0 Å². The molecule has 0 atom stereocenters. The van der Waals surface area contributed by atoms with Crippen LogP contribution in [0.25, 0.3) is 5.65 Å². The first kappa shape index (κ1) is 9.33. The zero-order valence-corrected chi connectivity index (χ0v) is 8.83. The molecule has 5 nitrogen and oxygen atoms in total. The van der Waals surface area contributed by atoms with E-state index in [9.17, 15) is 4.79 Å². The van der Waals surface area contributed by atoms with Gasteiger partial charge in [0.1, 0.15) is 0 Å². The van der Waals surface area contributed by atoms with Crippen LogP contribution in [0.15, 0.2) is 18.3 Å². The van der Waals surface area contributed by atoms with Crippen LogP contribution in [0.5, 0.6) is 0 Å². The van der Waals surface area contributed by atoms with Gasteiger partial charge in [0.25, 0.3) is 0 Å². The van der Waals surface area contributed by atoms with E-state index in [0.29, 0.717) is 5.82 Å². The number of pyridine rings is 1. The lowest BCUT2D eigenvalue weighted by Crippen LogP contribution is -2.17. The summed E-state index contributed by atoms with van der Waals surface area (Å²) in [4.78, 5) is 13.0. The van der Waals surface area contributed by atoms with Crippen molar-refractivity contribution in [2.75, 3.05) is 18.0 Å². The molecule has 0 N–H and O–H groups in total. The maximum atomic E-state index is 10.7. The SMILES string of the molecule is O=Cc1nnc2cc(N3CCCC3)ccn12. The maximum Gasteiger partial charge on any atom is 0.201 e. The summed E-state index contributed by atoms with van der Waals surface area (Å²) in [6.45, 7) is 2.20. The van der Waals surface area contributed by atoms with Crippen molar-refractivity contribution in [1.82, 2.24) is 14.6 Å². The lowest BCUT2D eigenvalue weighted by molar-refractivity contribution is 0.111. The van der Waals surface area contributed by atoms with Crippen molar-refractivity contribution in [3.05, 3.63) is 24.2 Å². The Bertz CT molecular complexity index is 528. The monoisotopic (exact) mass is 216 g/mol. The minimum Gasteiger partial charge on any atom is -0.371 e. The van der Waals surface area contributed by atoms with E-state index < -0.39 is 0 Å². The first-order valence-corrected chi connectivity index (χ1v) is 5.43. The quantitative estimate of drug-likeness (QED) is 0.706. The third kappa shape index (κ3) is 1.36. The van der Waals surface area contributed by atoms with Crippen LogP contribution in [0.3, 0.4) is 0 Å². The van der Waals surface area contributed by atoms with Crippen LogP contribution in [-0.2, 0) is 0 Å². The summed E-state index contributed by atoms with van der Waals surface area (Å²) < 4.78 is 1.70. The lowest BCUT2D eigenvalue weighted by Gasteiger charge is -2.17. The van der Waals surface area contributed by atoms with Crippen molar-refractivity contribution >= 4 is 17.6 Å². The highest BCUT2D eigenvalue weighted by Crippen LogP contribution is 2.21. The molecule has 16 heavy (non-hydrogen) atoms. The zero-order chi connectivity index (χ0) is 11.0. The molecule has 3 heterocycles. The Morgan fingerprint density at radius 1 is 1.25 bits per heavy atom. The molecule has 0 radical (unpaired) electrons. The standard InChI is InChI=1S/C11H12N4O/c16-8-11-13-12-10-7-9(3-6-15(10)11)14-4-1-2-5-14/h3,6-8H,1-2,4-5H2. The molecule has 82 valence electrons. The Hall–Kier alpha value is -1.91. The van der Waals surface area contributed by atoms with Gasteiger partial charge >= 0.3 is 0 Å². The third-order valence-electron chi connectivity index (χ3n) is 3.00. The van der Waals surface area contributed by atoms with Gasteiger partial charge < -0.3 is 4.90 Å². The fourth-order valence-electron chi connectivity index (χ4n) is 2.15. The largest absolute Gasteiger partial charge is 0.371 e. The smallest absolute Gasteiger partial charge is 0.201 e. The molecule has 2 aromatic rings. The summed E-state index contributed by atoms with van der Waals surface area (Å²) in [6, 6.07) is 3.99. The number of aromatic nitrogens is 3. The fraction of sp³-hybridized carbons (Fsp3) is 0.364. The van der Waals surface area contributed by atoms with Crippen LogP contribution >= 0.6 is 0 Å². The average molecular weight is 216 g/mol. The van der Waals surface area contributed by atoms with E-state index >= 15 is 0 Å². The second-order valence-corrected chi connectivity index (χ2v) is 3.98. The normalized spacial score (nSPS) is 15.9. The summed E-state index contributed by atoms with van der Waals surface area (Å²) in [5.41, 5.74) is 1.89. The Kier molecular flexibility index (Phi) is 2.09. The molecule has 0 aliphatic carbocycles. The molecule has 0 bridgehead atoms. The number of carbonyl (C=O) groups is 1. The van der Waals surface area contributed by atoms with Crippen LogP contribution in [0.4, 0.5) is 5.69 Å². The van der Waals surface area contributed by atoms with Crippen molar-refractivity contribution in [3.63, 3.8) is 0 Å². The van der Waals surface area contributed by atoms with E-state index in [2.05, 4.69) is 15.1 Å². The highest BCUT2D eigenvalue weighted by Gasteiger charge is 2.13. The molecule has 0 aromatic carbocycles. The zero-order valence-electron chi connectivity index (χ0n) is 8.83. The van der Waals surface area contributed by atoms with E-state index in [1.54, 1.807) is 4.40 Å². The second kappa shape index (κ2) is 3.59. The molecule has 3 rings (SSSR count). The summed E-state index contributed by atoms with van der Waals surface area (Å²) in [6.07, 6.45) is 5.07. The molecular formula is C11H12N4O. The lowest BCUT2D eigenvalue weighted by atomic mass is 10.3. The number of rotatable bonds is 2. The van der Waals surface area contributed by atoms with Gasteiger partial charge in [-0.15, -0.1) is 10.2 Å². The summed E-state index contributed by atoms with van der Waals surface area (Å²) in [5, 5.41) is 7.78. The highest BCUT2D eigenvalue weighted by atomic mass is 16.1. The Balaban J connectivity index is 2.05. The van der Waals surface area contributed by atoms with E-state index in [1.165, 1.54) is 12.8 Å². The molecular weight excluding hydrogens is 204 g/mol. The number of hydrogen-bond donors (Lipinski definition) is 0. The first-order valence-electron chi connectivity index (χ1n) is 5.43. The molecule has 0 spiro atoms. The molecule has 1 aliphatic heterocycles. The van der Waals surface area contributed by atoms with Crippen LogP contribution in [0.2, 0.25) is 0 Å². The predicted octanol–water partition coefficient (Wildman–Crippen LogP) is 1.14. The van der Waals surface area contributed by atoms with Gasteiger partial charge in [-0.3, -0.25) is 9.20 Å². The highest BCUT2D eigenvalue weighted by molar-refractivity contribution is 5.71. The van der Waals surface area contributed by atoms with Crippen molar-refractivity contribution in [1.29, 1.82) is 0 Å². The Morgan fingerprint density at radius 3 is 2.81 bits per heavy atom. The van der Waals surface area contributed by atoms with E-state index in [4.69, 9.17) is 0 Å². The average Bonchev–Trinajstić information content (AvgIpc) is 2.97. The van der Waals surface area contributed by atoms with Crippen LogP contribution in [0, 0.1) is 0 Å². The molecule has 5 heteroatoms. The third-order valence-corrected chi connectivity index (χ3v) is 3.00. The molecule has 1 aliphatic rings. The Morgan fingerprint density at radius 2 is 2.06 bits per heavy atom. The van der Waals surface area contributed by atoms with Gasteiger partial charge in [-0.2, -0.15) is 0 Å². The van der Waals surface area contributed by atoms with Gasteiger partial charge in [0.05, 0.1) is 0 Å². The number of carbonyl (C=O) groups excluding carboxylic acids is 1. The summed E-state index contributed by atoms with van der Waals surface area (Å²) in [5.74, 6) is 0.350. The van der Waals surface area contributed by atoms with Crippen LogP contribution in [-0.4, -0.2) is 34.0 Å². The van der Waals surface area contributed by atoms with Crippen molar-refractivity contribution < 1.29 is 4.79 Å². The first-order chi connectivity index (χ1) is 7.88. The topological polar surface area (TPSA) is 50.5 Å². The van der Waals surface area contributed by atoms with Crippen LogP contribution < -0.4 is 4.90 Å². The molecule has 2 aromatic heterocycles. The fourth-order valence-corrected chi connectivity index (χ4v) is 2.15. The van der Waals surface area contributed by atoms with E-state index in [-0.39, 0.29) is 0 Å². The minimum atomic E-state index is 0.350. The molecule has 0 amide bonds. The maximum absolute atomic E-state index is 10.7. The van der Waals surface area contributed by atoms with Gasteiger partial charge in [-0.1, -0.05) is 0 Å². The summed E-state index contributed by atoms with van der Waals surface area (Å²) in [7, 11) is 0. The minimum absolute atomic E-state index is 0.350. The van der Waals surface area contributed by atoms with E-state index in [1.807, 2.05) is 18.3 Å². The number of aldehydes is 1. The second-order valence-electron chi connectivity index (χ2n) is 3.98.